The van der Waals surface area contributed by atoms with Crippen LogP contribution >= 0.6 is 0 Å². The van der Waals surface area contributed by atoms with Gasteiger partial charge in [0, 0.05) is 10.9 Å². The summed E-state index contributed by atoms with van der Waals surface area (Å²) in [5.74, 6) is -0.752. The van der Waals surface area contributed by atoms with Crippen LogP contribution in [0.25, 0.3) is 22.0 Å². The zero-order chi connectivity index (χ0) is 19.7. The molecule has 5 heteroatoms. The molecule has 0 saturated heterocycles. The van der Waals surface area contributed by atoms with Gasteiger partial charge in [-0.25, -0.2) is 4.98 Å². The number of benzene rings is 3. The number of fused-ring (bicyclic) bond motifs is 1. The maximum Gasteiger partial charge on any atom is 0.417 e. The van der Waals surface area contributed by atoms with Gasteiger partial charge in [0.25, 0.3) is 0 Å². The van der Waals surface area contributed by atoms with Gasteiger partial charge in [-0.3, -0.25) is 4.79 Å². The van der Waals surface area contributed by atoms with Crippen molar-refractivity contribution in [2.24, 2.45) is 0 Å². The van der Waals surface area contributed by atoms with E-state index in [1.54, 1.807) is 48.5 Å². The highest BCUT2D eigenvalue weighted by atomic mass is 19.4. The molecule has 0 spiro atoms. The smallest absolute Gasteiger partial charge is 0.287 e. The van der Waals surface area contributed by atoms with Crippen molar-refractivity contribution in [2.75, 3.05) is 0 Å². The highest BCUT2D eigenvalue weighted by Crippen LogP contribution is 2.36. The third-order valence-electron chi connectivity index (χ3n) is 4.51. The van der Waals surface area contributed by atoms with Crippen LogP contribution in [0.4, 0.5) is 13.2 Å². The van der Waals surface area contributed by atoms with E-state index < -0.39 is 23.1 Å². The number of hydrogen-bond acceptors (Lipinski definition) is 2. The maximum absolute atomic E-state index is 13.7. The number of para-hydroxylation sites is 1. The molecule has 0 amide bonds. The summed E-state index contributed by atoms with van der Waals surface area (Å²) in [6.45, 7) is 0. The van der Waals surface area contributed by atoms with Crippen LogP contribution in [0.1, 0.15) is 21.6 Å². The van der Waals surface area contributed by atoms with Gasteiger partial charge in [-0.05, 0) is 35.4 Å². The van der Waals surface area contributed by atoms with Crippen LogP contribution < -0.4 is 0 Å². The first-order valence-corrected chi connectivity index (χ1v) is 8.61. The number of rotatable bonds is 3. The average Bonchev–Trinajstić information content (AvgIpc) is 2.72. The molecule has 0 saturated carbocycles. The molecule has 0 aliphatic rings. The number of alkyl halides is 3. The molecule has 0 aliphatic heterocycles. The van der Waals surface area contributed by atoms with Crippen molar-refractivity contribution in [3.05, 3.63) is 102 Å². The summed E-state index contributed by atoms with van der Waals surface area (Å²) in [4.78, 5) is 17.1. The first kappa shape index (κ1) is 17.9. The molecule has 0 fully saturated rings. The predicted molar refractivity (Wildman–Crippen MR) is 102 cm³/mol. The second kappa shape index (κ2) is 6.93. The van der Waals surface area contributed by atoms with Crippen LogP contribution in [-0.2, 0) is 6.18 Å². The fourth-order valence-electron chi connectivity index (χ4n) is 3.12. The lowest BCUT2D eigenvalue weighted by Crippen LogP contribution is -2.15. The molecule has 0 radical (unpaired) electrons. The lowest BCUT2D eigenvalue weighted by molar-refractivity contribution is -0.137. The topological polar surface area (TPSA) is 30.0 Å². The van der Waals surface area contributed by atoms with Gasteiger partial charge >= 0.3 is 6.18 Å². The van der Waals surface area contributed by atoms with E-state index in [1.807, 2.05) is 12.1 Å². The Kier molecular flexibility index (Phi) is 4.43. The fourth-order valence-corrected chi connectivity index (χ4v) is 3.12. The van der Waals surface area contributed by atoms with Crippen molar-refractivity contribution < 1.29 is 18.0 Å². The molecule has 1 aromatic heterocycles. The van der Waals surface area contributed by atoms with E-state index in [1.165, 1.54) is 18.2 Å². The molecule has 2 nitrogen and oxygen atoms in total. The normalized spacial score (nSPS) is 11.5. The fraction of sp³-hybridized carbons (Fsp3) is 0.0435. The van der Waals surface area contributed by atoms with Gasteiger partial charge in [-0.15, -0.1) is 0 Å². The van der Waals surface area contributed by atoms with Gasteiger partial charge in [0.05, 0.1) is 11.1 Å². The standard InChI is InChI=1S/C23H14F3NO/c24-23(25,26)19-14-17(15-6-2-1-3-7-15)10-12-18(19)22(28)21-13-11-16-8-4-5-9-20(16)27-21/h1-14H. The minimum absolute atomic E-state index is 0.0170. The third kappa shape index (κ3) is 3.39. The Morgan fingerprint density at radius 1 is 0.750 bits per heavy atom. The molecule has 0 bridgehead atoms. The van der Waals surface area contributed by atoms with E-state index in [9.17, 15) is 18.0 Å². The summed E-state index contributed by atoms with van der Waals surface area (Å²) in [6.07, 6.45) is -4.66. The van der Waals surface area contributed by atoms with Crippen molar-refractivity contribution >= 4 is 16.7 Å². The van der Waals surface area contributed by atoms with Gasteiger partial charge in [0.2, 0.25) is 5.78 Å². The van der Waals surface area contributed by atoms with Crippen LogP contribution in [0.5, 0.6) is 0 Å². The van der Waals surface area contributed by atoms with E-state index in [2.05, 4.69) is 4.98 Å². The molecule has 4 rings (SSSR count). The summed E-state index contributed by atoms with van der Waals surface area (Å²) < 4.78 is 41.1. The van der Waals surface area contributed by atoms with Crippen molar-refractivity contribution in [1.29, 1.82) is 0 Å². The summed E-state index contributed by atoms with van der Waals surface area (Å²) in [7, 11) is 0. The van der Waals surface area contributed by atoms with Gasteiger partial charge in [-0.1, -0.05) is 60.7 Å². The SMILES string of the molecule is O=C(c1ccc2ccccc2n1)c1ccc(-c2ccccc2)cc1C(F)(F)F. The van der Waals surface area contributed by atoms with Crippen LogP contribution in [-0.4, -0.2) is 10.8 Å². The molecule has 0 atom stereocenters. The second-order valence-corrected chi connectivity index (χ2v) is 6.34. The Bertz CT molecular complexity index is 1170. The second-order valence-electron chi connectivity index (χ2n) is 6.34. The van der Waals surface area contributed by atoms with Crippen LogP contribution in [0.2, 0.25) is 0 Å². The molecule has 28 heavy (non-hydrogen) atoms. The first-order valence-electron chi connectivity index (χ1n) is 8.61. The van der Waals surface area contributed by atoms with E-state index in [-0.39, 0.29) is 5.69 Å². The van der Waals surface area contributed by atoms with E-state index in [0.29, 0.717) is 16.6 Å². The molecule has 0 N–H and O–H groups in total. The minimum Gasteiger partial charge on any atom is -0.287 e. The summed E-state index contributed by atoms with van der Waals surface area (Å²) in [6, 6.07) is 22.8. The number of hydrogen-bond donors (Lipinski definition) is 0. The first-order chi connectivity index (χ1) is 13.4. The van der Waals surface area contributed by atoms with Crippen LogP contribution in [0.3, 0.4) is 0 Å². The monoisotopic (exact) mass is 377 g/mol. The molecular formula is C23H14F3NO. The molecule has 0 unspecified atom stereocenters. The Balaban J connectivity index is 1.82. The van der Waals surface area contributed by atoms with Gasteiger partial charge in [0.1, 0.15) is 5.69 Å². The summed E-state index contributed by atoms with van der Waals surface area (Å²) >= 11 is 0. The Labute approximate surface area is 159 Å². The summed E-state index contributed by atoms with van der Waals surface area (Å²) in [5, 5.41) is 0.814. The zero-order valence-electron chi connectivity index (χ0n) is 14.6. The predicted octanol–water partition coefficient (Wildman–Crippen LogP) is 6.15. The Hall–Kier alpha value is -3.47. The van der Waals surface area contributed by atoms with Gasteiger partial charge < -0.3 is 0 Å². The minimum atomic E-state index is -4.66. The zero-order valence-corrected chi connectivity index (χ0v) is 14.6. The highest BCUT2D eigenvalue weighted by molar-refractivity contribution is 6.10. The average molecular weight is 377 g/mol. The van der Waals surface area contributed by atoms with E-state index in [0.717, 1.165) is 11.5 Å². The molecule has 138 valence electrons. The Morgan fingerprint density at radius 3 is 2.21 bits per heavy atom. The van der Waals surface area contributed by atoms with Crippen molar-refractivity contribution in [1.82, 2.24) is 4.98 Å². The highest BCUT2D eigenvalue weighted by Gasteiger charge is 2.36. The number of carbonyl (C=O) groups excluding carboxylic acids is 1. The number of carbonyl (C=O) groups is 1. The van der Waals surface area contributed by atoms with Crippen molar-refractivity contribution in [3.8, 4) is 11.1 Å². The van der Waals surface area contributed by atoms with Crippen LogP contribution in [0, 0.1) is 0 Å². The van der Waals surface area contributed by atoms with Gasteiger partial charge in [-0.2, -0.15) is 13.2 Å². The molecule has 4 aromatic rings. The van der Waals surface area contributed by atoms with E-state index in [4.69, 9.17) is 0 Å². The molecule has 0 aliphatic carbocycles. The van der Waals surface area contributed by atoms with Crippen LogP contribution in [0.15, 0.2) is 84.9 Å². The third-order valence-corrected chi connectivity index (χ3v) is 4.51. The quantitative estimate of drug-likeness (QED) is 0.401. The Morgan fingerprint density at radius 2 is 1.46 bits per heavy atom. The molecular weight excluding hydrogens is 363 g/mol. The largest absolute Gasteiger partial charge is 0.417 e. The maximum atomic E-state index is 13.7. The van der Waals surface area contributed by atoms with Gasteiger partial charge in [0.15, 0.2) is 0 Å². The number of aromatic nitrogens is 1. The lowest BCUT2D eigenvalue weighted by atomic mass is 9.95. The molecule has 1 heterocycles. The van der Waals surface area contributed by atoms with Crippen molar-refractivity contribution in [2.45, 2.75) is 6.18 Å². The lowest BCUT2D eigenvalue weighted by Gasteiger charge is -2.14. The van der Waals surface area contributed by atoms with Crippen molar-refractivity contribution in [3.63, 3.8) is 0 Å². The number of halogens is 3. The number of pyridine rings is 1. The summed E-state index contributed by atoms with van der Waals surface area (Å²) in [5.41, 5.74) is 0.218. The van der Waals surface area contributed by atoms with E-state index >= 15 is 0 Å². The number of ketones is 1. The number of nitrogens with zero attached hydrogens (tertiary/aromatic N) is 1. The molecule has 3 aromatic carbocycles.